The van der Waals surface area contributed by atoms with E-state index < -0.39 is 0 Å². The van der Waals surface area contributed by atoms with Crippen LogP contribution in [0.25, 0.3) is 6.08 Å². The number of ether oxygens (including phenoxy) is 1. The minimum Gasteiger partial charge on any atom is -0.454 e. The molecule has 19 heavy (non-hydrogen) atoms. The molecule has 2 heteroatoms. The molecule has 0 radical (unpaired) electrons. The number of hydrogen-bond acceptors (Lipinski definition) is 2. The van der Waals surface area contributed by atoms with E-state index in [-0.39, 0.29) is 0 Å². The number of fused-ring (bicyclic) bond motifs is 1. The van der Waals surface area contributed by atoms with Gasteiger partial charge in [-0.3, -0.25) is 0 Å². The molecule has 2 nitrogen and oxygen atoms in total. The second-order valence-electron chi connectivity index (χ2n) is 3.77. The largest absolute Gasteiger partial charge is 0.454 e. The minimum atomic E-state index is 0.626. The third-order valence-corrected chi connectivity index (χ3v) is 2.74. The molecule has 0 amide bonds. The van der Waals surface area contributed by atoms with E-state index in [0.29, 0.717) is 5.76 Å². The normalized spacial score (nSPS) is 15.0. The van der Waals surface area contributed by atoms with E-state index in [2.05, 4.69) is 19.7 Å². The van der Waals surface area contributed by atoms with E-state index in [0.717, 1.165) is 22.7 Å². The van der Waals surface area contributed by atoms with Crippen molar-refractivity contribution in [2.24, 2.45) is 0 Å². The highest BCUT2D eigenvalue weighted by Gasteiger charge is 2.24. The molecule has 0 aliphatic carbocycles. The Morgan fingerprint density at radius 3 is 2.47 bits per heavy atom. The minimum absolute atomic E-state index is 0.626. The standard InChI is InChI=1S/C15H15NO.C2H6/c1-5-8-13-11(3)17-14-10-7-9-12(6-2)15(14)16(13)4;1-2/h5-10H,1-3H2,4H3;1-2H3/b13-8+;. The van der Waals surface area contributed by atoms with Crippen molar-refractivity contribution in [1.82, 2.24) is 0 Å². The van der Waals surface area contributed by atoms with E-state index in [4.69, 9.17) is 4.74 Å². The number of allylic oxidation sites excluding steroid dienone is 2. The van der Waals surface area contributed by atoms with Gasteiger partial charge in [0.2, 0.25) is 0 Å². The first kappa shape index (κ1) is 14.8. The lowest BCUT2D eigenvalue weighted by Gasteiger charge is -2.32. The Hall–Kier alpha value is -2.22. The zero-order valence-corrected chi connectivity index (χ0v) is 11.9. The van der Waals surface area contributed by atoms with Gasteiger partial charge in [0.05, 0.1) is 11.4 Å². The van der Waals surface area contributed by atoms with Crippen LogP contribution in [0.2, 0.25) is 0 Å². The molecule has 1 aliphatic rings. The summed E-state index contributed by atoms with van der Waals surface area (Å²) in [7, 11) is 1.98. The predicted octanol–water partition coefficient (Wildman–Crippen LogP) is 4.77. The van der Waals surface area contributed by atoms with Crippen LogP contribution in [0.4, 0.5) is 5.69 Å². The van der Waals surface area contributed by atoms with Gasteiger partial charge >= 0.3 is 0 Å². The number of nitrogens with zero attached hydrogens (tertiary/aromatic N) is 1. The van der Waals surface area contributed by atoms with Crippen molar-refractivity contribution in [3.63, 3.8) is 0 Å². The summed E-state index contributed by atoms with van der Waals surface area (Å²) in [5.41, 5.74) is 2.94. The number of hydrogen-bond donors (Lipinski definition) is 0. The van der Waals surface area contributed by atoms with Gasteiger partial charge in [-0.15, -0.1) is 0 Å². The van der Waals surface area contributed by atoms with Crippen molar-refractivity contribution >= 4 is 11.8 Å². The number of rotatable bonds is 2. The van der Waals surface area contributed by atoms with E-state index in [9.17, 15) is 0 Å². The van der Waals surface area contributed by atoms with Crippen molar-refractivity contribution in [2.75, 3.05) is 11.9 Å². The third-order valence-electron chi connectivity index (χ3n) is 2.74. The Morgan fingerprint density at radius 1 is 1.21 bits per heavy atom. The van der Waals surface area contributed by atoms with Crippen molar-refractivity contribution in [3.05, 3.63) is 67.1 Å². The average Bonchev–Trinajstić information content (AvgIpc) is 2.44. The van der Waals surface area contributed by atoms with Crippen LogP contribution in [0.15, 0.2) is 61.5 Å². The maximum Gasteiger partial charge on any atom is 0.151 e. The monoisotopic (exact) mass is 255 g/mol. The molecule has 0 fully saturated rings. The molecule has 1 aromatic carbocycles. The van der Waals surface area contributed by atoms with Gasteiger partial charge in [0.25, 0.3) is 0 Å². The van der Waals surface area contributed by atoms with Gasteiger partial charge in [0, 0.05) is 12.6 Å². The summed E-state index contributed by atoms with van der Waals surface area (Å²) in [4.78, 5) is 2.04. The van der Waals surface area contributed by atoms with Crippen LogP contribution in [0.5, 0.6) is 5.75 Å². The van der Waals surface area contributed by atoms with Gasteiger partial charge in [-0.25, -0.2) is 0 Å². The molecule has 0 saturated carbocycles. The Morgan fingerprint density at radius 2 is 1.89 bits per heavy atom. The van der Waals surface area contributed by atoms with Crippen LogP contribution in [0.3, 0.4) is 0 Å². The second-order valence-corrected chi connectivity index (χ2v) is 3.77. The smallest absolute Gasteiger partial charge is 0.151 e. The molecule has 1 aliphatic heterocycles. The molecule has 0 spiro atoms. The summed E-state index contributed by atoms with van der Waals surface area (Å²) in [6.07, 6.45) is 5.42. The van der Waals surface area contributed by atoms with Crippen LogP contribution in [0.1, 0.15) is 19.4 Å². The van der Waals surface area contributed by atoms with Crippen LogP contribution >= 0.6 is 0 Å². The maximum absolute atomic E-state index is 5.71. The molecular weight excluding hydrogens is 234 g/mol. The lowest BCUT2D eigenvalue weighted by molar-refractivity contribution is 0.424. The molecule has 0 N–H and O–H groups in total. The zero-order chi connectivity index (χ0) is 14.4. The molecular formula is C17H21NO. The number of anilines is 1. The highest BCUT2D eigenvalue weighted by Crippen LogP contribution is 2.40. The quantitative estimate of drug-likeness (QED) is 0.755. The Kier molecular flexibility index (Phi) is 5.19. The number of para-hydroxylation sites is 1. The molecule has 0 unspecified atom stereocenters. The van der Waals surface area contributed by atoms with Gasteiger partial charge in [-0.2, -0.15) is 0 Å². The first-order valence-electron chi connectivity index (χ1n) is 6.38. The van der Waals surface area contributed by atoms with Gasteiger partial charge in [-0.1, -0.05) is 57.9 Å². The second kappa shape index (κ2) is 6.64. The summed E-state index contributed by atoms with van der Waals surface area (Å²) in [6, 6.07) is 5.87. The molecule has 2 rings (SSSR count). The third kappa shape index (κ3) is 2.79. The fourth-order valence-electron chi connectivity index (χ4n) is 1.95. The average molecular weight is 255 g/mol. The summed E-state index contributed by atoms with van der Waals surface area (Å²) in [6.45, 7) is 15.4. The molecule has 0 aromatic heterocycles. The Bertz CT molecular complexity index is 526. The first-order valence-corrected chi connectivity index (χ1v) is 6.38. The van der Waals surface area contributed by atoms with Crippen molar-refractivity contribution in [3.8, 4) is 5.75 Å². The lowest BCUT2D eigenvalue weighted by atomic mass is 10.1. The van der Waals surface area contributed by atoms with Crippen molar-refractivity contribution in [1.29, 1.82) is 0 Å². The molecule has 1 heterocycles. The van der Waals surface area contributed by atoms with E-state index in [1.807, 2.05) is 56.1 Å². The summed E-state index contributed by atoms with van der Waals surface area (Å²) in [5.74, 6) is 1.43. The van der Waals surface area contributed by atoms with Crippen LogP contribution in [-0.4, -0.2) is 7.05 Å². The van der Waals surface area contributed by atoms with Gasteiger partial charge in [0.15, 0.2) is 5.75 Å². The summed E-state index contributed by atoms with van der Waals surface area (Å²) in [5, 5.41) is 0. The topological polar surface area (TPSA) is 12.5 Å². The maximum atomic E-state index is 5.71. The van der Waals surface area contributed by atoms with Gasteiger partial charge in [-0.05, 0) is 12.1 Å². The summed E-state index contributed by atoms with van der Waals surface area (Å²) < 4.78 is 5.71. The van der Waals surface area contributed by atoms with Gasteiger partial charge in [0.1, 0.15) is 5.76 Å². The fraction of sp³-hybridized carbons (Fsp3) is 0.176. The number of likely N-dealkylation sites (N-methyl/N-ethyl adjacent to an activating group) is 1. The van der Waals surface area contributed by atoms with Crippen LogP contribution in [0, 0.1) is 0 Å². The van der Waals surface area contributed by atoms with E-state index in [1.165, 1.54) is 0 Å². The van der Waals surface area contributed by atoms with Crippen molar-refractivity contribution in [2.45, 2.75) is 13.8 Å². The zero-order valence-electron chi connectivity index (χ0n) is 11.9. The van der Waals surface area contributed by atoms with Crippen LogP contribution < -0.4 is 9.64 Å². The molecule has 1 aromatic rings. The highest BCUT2D eigenvalue weighted by atomic mass is 16.5. The number of benzene rings is 1. The lowest BCUT2D eigenvalue weighted by Crippen LogP contribution is -2.25. The SMILES string of the molecule is C=C/C=C1\C(=C)Oc2cccc(C=C)c2N1C.CC. The van der Waals surface area contributed by atoms with Crippen LogP contribution in [-0.2, 0) is 0 Å². The van der Waals surface area contributed by atoms with E-state index >= 15 is 0 Å². The fourth-order valence-corrected chi connectivity index (χ4v) is 1.95. The highest BCUT2D eigenvalue weighted by molar-refractivity contribution is 5.78. The van der Waals surface area contributed by atoms with Crippen molar-refractivity contribution < 1.29 is 4.74 Å². The Labute approximate surface area is 116 Å². The Balaban J connectivity index is 0.000000861. The summed E-state index contributed by atoms with van der Waals surface area (Å²) >= 11 is 0. The van der Waals surface area contributed by atoms with Gasteiger partial charge < -0.3 is 9.64 Å². The predicted molar refractivity (Wildman–Crippen MR) is 84.3 cm³/mol. The molecule has 0 atom stereocenters. The van der Waals surface area contributed by atoms with E-state index in [1.54, 1.807) is 6.08 Å². The first-order chi connectivity index (χ1) is 9.19. The molecule has 0 bridgehead atoms. The molecule has 100 valence electrons. The molecule has 0 saturated heterocycles.